The van der Waals surface area contributed by atoms with Gasteiger partial charge in [0, 0.05) is 22.3 Å². The van der Waals surface area contributed by atoms with Crippen molar-refractivity contribution in [2.24, 2.45) is 0 Å². The molecule has 0 aliphatic heterocycles. The van der Waals surface area contributed by atoms with Crippen molar-refractivity contribution >= 4 is 39.7 Å². The van der Waals surface area contributed by atoms with Crippen molar-refractivity contribution in [3.8, 4) is 50.5 Å². The van der Waals surface area contributed by atoms with E-state index in [0.717, 1.165) is 29.5 Å². The number of oxazole rings is 1. The minimum Gasteiger partial charge on any atom is -0.435 e. The van der Waals surface area contributed by atoms with Crippen LogP contribution in [0.15, 0.2) is 150 Å². The molecule has 3 nitrogen and oxygen atoms in total. The molecule has 47 heavy (non-hydrogen) atoms. The lowest BCUT2D eigenvalue weighted by atomic mass is 9.89. The van der Waals surface area contributed by atoms with Crippen LogP contribution in [0, 0.1) is 0 Å². The van der Waals surface area contributed by atoms with E-state index in [4.69, 9.17) is 16.0 Å². The van der Waals surface area contributed by atoms with E-state index in [2.05, 4.69) is 143 Å². The Hall–Kier alpha value is -5.64. The van der Waals surface area contributed by atoms with Gasteiger partial charge in [-0.05, 0) is 100 Å². The summed E-state index contributed by atoms with van der Waals surface area (Å²) in [6.07, 6.45) is 6.75. The Balaban J connectivity index is 1.08. The Kier molecular flexibility index (Phi) is 6.65. The highest BCUT2D eigenvalue weighted by Crippen LogP contribution is 2.40. The Bertz CT molecular complexity index is 2460. The van der Waals surface area contributed by atoms with Crippen molar-refractivity contribution in [2.45, 2.75) is 12.8 Å². The van der Waals surface area contributed by atoms with E-state index in [1.807, 2.05) is 18.2 Å². The molecule has 224 valence electrons. The smallest absolute Gasteiger partial charge is 0.227 e. The van der Waals surface area contributed by atoms with Gasteiger partial charge < -0.3 is 8.98 Å². The monoisotopic (exact) mass is 624 g/mol. The van der Waals surface area contributed by atoms with E-state index in [1.165, 1.54) is 55.7 Å². The van der Waals surface area contributed by atoms with Crippen molar-refractivity contribution in [3.05, 3.63) is 162 Å². The van der Waals surface area contributed by atoms with Gasteiger partial charge in [0.15, 0.2) is 5.58 Å². The summed E-state index contributed by atoms with van der Waals surface area (Å²) < 4.78 is 8.43. The lowest BCUT2D eigenvalue weighted by Crippen LogP contribution is -2.00. The van der Waals surface area contributed by atoms with Gasteiger partial charge in [0.05, 0.1) is 10.5 Å². The molecule has 0 saturated heterocycles. The summed E-state index contributed by atoms with van der Waals surface area (Å²) in [4.78, 5) is 4.66. The van der Waals surface area contributed by atoms with Gasteiger partial charge in [-0.2, -0.15) is 0 Å². The molecule has 9 rings (SSSR count). The molecule has 6 aromatic carbocycles. The number of benzene rings is 6. The minimum atomic E-state index is 0.561. The van der Waals surface area contributed by atoms with Gasteiger partial charge in [-0.1, -0.05) is 115 Å². The van der Waals surface area contributed by atoms with Gasteiger partial charge in [0.2, 0.25) is 5.89 Å². The molecule has 0 saturated carbocycles. The number of nitrogens with zero attached hydrogens (tertiary/aromatic N) is 2. The summed E-state index contributed by atoms with van der Waals surface area (Å²) in [7, 11) is 0. The van der Waals surface area contributed by atoms with Crippen LogP contribution in [0.5, 0.6) is 0 Å². The molecule has 0 bridgehead atoms. The van der Waals surface area contributed by atoms with Crippen LogP contribution >= 0.6 is 11.6 Å². The summed E-state index contributed by atoms with van der Waals surface area (Å²) >= 11 is 6.34. The molecule has 0 radical (unpaired) electrons. The van der Waals surface area contributed by atoms with E-state index in [1.54, 1.807) is 0 Å². The van der Waals surface area contributed by atoms with Crippen LogP contribution in [0.25, 0.3) is 78.6 Å². The number of para-hydroxylation sites is 2. The van der Waals surface area contributed by atoms with Gasteiger partial charge in [0.25, 0.3) is 0 Å². The maximum absolute atomic E-state index is 6.34. The molecule has 4 heteroatoms. The van der Waals surface area contributed by atoms with E-state index in [-0.39, 0.29) is 0 Å². The fourth-order valence-electron chi connectivity index (χ4n) is 7.03. The fourth-order valence-corrected chi connectivity index (χ4v) is 7.23. The van der Waals surface area contributed by atoms with Crippen molar-refractivity contribution in [3.63, 3.8) is 0 Å². The maximum atomic E-state index is 6.34. The highest BCUT2D eigenvalue weighted by atomic mass is 35.5. The number of hydrogen-bond acceptors (Lipinski definition) is 2. The third kappa shape index (κ3) is 4.70. The maximum Gasteiger partial charge on any atom is 0.227 e. The summed E-state index contributed by atoms with van der Waals surface area (Å²) in [5.41, 5.74) is 14.5. The lowest BCUT2D eigenvalue weighted by molar-refractivity contribution is 0.620. The van der Waals surface area contributed by atoms with Gasteiger partial charge in [-0.25, -0.2) is 4.98 Å². The van der Waals surface area contributed by atoms with Crippen molar-refractivity contribution in [2.75, 3.05) is 0 Å². The average molecular weight is 625 g/mol. The predicted molar refractivity (Wildman–Crippen MR) is 195 cm³/mol. The minimum absolute atomic E-state index is 0.561. The van der Waals surface area contributed by atoms with Crippen LogP contribution in [-0.2, 0) is 6.42 Å². The Morgan fingerprint density at radius 3 is 1.91 bits per heavy atom. The zero-order valence-electron chi connectivity index (χ0n) is 25.5. The molecule has 0 fully saturated rings. The molecule has 0 amide bonds. The molecule has 0 unspecified atom stereocenters. The number of aryl methyl sites for hydroxylation is 1. The van der Waals surface area contributed by atoms with Crippen molar-refractivity contribution in [1.29, 1.82) is 0 Å². The summed E-state index contributed by atoms with van der Waals surface area (Å²) in [6.45, 7) is 0. The number of hydrogen-bond donors (Lipinski definition) is 0. The fraction of sp³-hybridized carbons (Fsp3) is 0.0465. The van der Waals surface area contributed by atoms with Crippen LogP contribution in [0.1, 0.15) is 17.7 Å². The number of rotatable bonds is 5. The zero-order valence-corrected chi connectivity index (χ0v) is 26.3. The second-order valence-corrected chi connectivity index (χ2v) is 12.4. The van der Waals surface area contributed by atoms with Gasteiger partial charge in [0.1, 0.15) is 5.52 Å². The van der Waals surface area contributed by atoms with E-state index >= 15 is 0 Å². The summed E-state index contributed by atoms with van der Waals surface area (Å²) in [6, 6.07) is 49.1. The first-order valence-corrected chi connectivity index (χ1v) is 16.3. The number of allylic oxidation sites excluding steroid dienone is 1. The van der Waals surface area contributed by atoms with Gasteiger partial charge >= 0.3 is 0 Å². The lowest BCUT2D eigenvalue weighted by Gasteiger charge is -2.16. The second kappa shape index (κ2) is 11.3. The van der Waals surface area contributed by atoms with Crippen LogP contribution in [-0.4, -0.2) is 9.55 Å². The van der Waals surface area contributed by atoms with Crippen molar-refractivity contribution in [1.82, 2.24) is 9.55 Å². The Morgan fingerprint density at radius 1 is 0.596 bits per heavy atom. The van der Waals surface area contributed by atoms with Crippen LogP contribution < -0.4 is 0 Å². The van der Waals surface area contributed by atoms with Gasteiger partial charge in [-0.15, -0.1) is 0 Å². The van der Waals surface area contributed by atoms with E-state index in [0.29, 0.717) is 16.5 Å². The van der Waals surface area contributed by atoms with Crippen LogP contribution in [0.4, 0.5) is 0 Å². The Labute approximate surface area is 278 Å². The topological polar surface area (TPSA) is 31.0 Å². The molecule has 0 N–H and O–H groups in total. The molecule has 2 aromatic heterocycles. The first-order valence-electron chi connectivity index (χ1n) is 16.0. The van der Waals surface area contributed by atoms with Crippen LogP contribution in [0.2, 0.25) is 5.02 Å². The standard InChI is InChI=1S/C43H29ClN2O/c44-38-16-9-17-39-42(38)47-43(45-39)30-22-20-28(21-23-30)32-10-1-3-12-34(32)35-13-4-2-11-33(35)29-24-26-31(27-25-29)46-40-18-7-5-14-36(40)37-15-6-8-19-41(37)46/h1-5,7-14,16-27H,6,15H2. The summed E-state index contributed by atoms with van der Waals surface area (Å²) in [5, 5.41) is 1.92. The highest BCUT2D eigenvalue weighted by molar-refractivity contribution is 6.34. The molecule has 0 spiro atoms. The molecule has 1 aliphatic rings. The van der Waals surface area contributed by atoms with Crippen LogP contribution in [0.3, 0.4) is 0 Å². The SMILES string of the molecule is Clc1cccc2nc(-c3ccc(-c4ccccc4-c4ccccc4-c4ccc(-n5c6c(c7ccccc75)CCC=C6)cc4)cc3)oc12. The predicted octanol–water partition coefficient (Wildman–Crippen LogP) is 12.1. The number of aromatic nitrogens is 2. The summed E-state index contributed by atoms with van der Waals surface area (Å²) in [5.74, 6) is 0.561. The zero-order chi connectivity index (χ0) is 31.3. The Morgan fingerprint density at radius 2 is 1.21 bits per heavy atom. The normalized spacial score (nSPS) is 12.5. The third-order valence-electron chi connectivity index (χ3n) is 9.25. The quantitative estimate of drug-likeness (QED) is 0.191. The molecule has 8 aromatic rings. The largest absolute Gasteiger partial charge is 0.435 e. The van der Waals surface area contributed by atoms with Gasteiger partial charge in [-0.3, -0.25) is 0 Å². The average Bonchev–Trinajstić information content (AvgIpc) is 3.73. The molecule has 2 heterocycles. The molecular formula is C43H29ClN2O. The van der Waals surface area contributed by atoms with E-state index in [9.17, 15) is 0 Å². The number of halogens is 1. The van der Waals surface area contributed by atoms with Crippen molar-refractivity contribution < 1.29 is 4.42 Å². The first kappa shape index (κ1) is 27.7. The molecular weight excluding hydrogens is 596 g/mol. The second-order valence-electron chi connectivity index (χ2n) is 12.0. The first-order chi connectivity index (χ1) is 23.2. The molecule has 1 aliphatic carbocycles. The van der Waals surface area contributed by atoms with E-state index < -0.39 is 0 Å². The number of fused-ring (bicyclic) bond motifs is 4. The highest BCUT2D eigenvalue weighted by Gasteiger charge is 2.19. The third-order valence-corrected chi connectivity index (χ3v) is 9.55. The molecule has 0 atom stereocenters.